The Balaban J connectivity index is 1.94. The van der Waals surface area contributed by atoms with E-state index in [2.05, 4.69) is 5.32 Å². The molecule has 2 rings (SSSR count). The van der Waals surface area contributed by atoms with Crippen LogP contribution in [-0.2, 0) is 14.4 Å². The van der Waals surface area contributed by atoms with Gasteiger partial charge in [0.05, 0.1) is 18.2 Å². The zero-order chi connectivity index (χ0) is 16.1. The minimum Gasteiger partial charge on any atom is -0.343 e. The third-order valence-corrected chi connectivity index (χ3v) is 4.75. The lowest BCUT2D eigenvalue weighted by atomic mass is 9.93. The average Bonchev–Trinajstić information content (AvgIpc) is 3.01. The number of likely N-dealkylation sites (tertiary alicyclic amines) is 1. The molecule has 1 aliphatic carbocycles. The lowest BCUT2D eigenvalue weighted by Gasteiger charge is -2.22. The molecule has 0 aromatic heterocycles. The van der Waals surface area contributed by atoms with Crippen LogP contribution >= 0.6 is 11.6 Å². The molecule has 1 aliphatic heterocycles. The third kappa shape index (κ3) is 3.58. The number of nitrogens with zero attached hydrogens (tertiary/aromatic N) is 1. The van der Waals surface area contributed by atoms with Crippen LogP contribution in [0.4, 0.5) is 0 Å². The van der Waals surface area contributed by atoms with Crippen molar-refractivity contribution < 1.29 is 14.4 Å². The van der Waals surface area contributed by atoms with Crippen LogP contribution < -0.4 is 5.32 Å². The molecule has 0 saturated carbocycles. The van der Waals surface area contributed by atoms with Crippen LogP contribution in [0.2, 0.25) is 0 Å². The van der Waals surface area contributed by atoms with Crippen LogP contribution in [0.1, 0.15) is 32.6 Å². The van der Waals surface area contributed by atoms with Crippen LogP contribution in [0.25, 0.3) is 0 Å². The highest BCUT2D eigenvalue weighted by atomic mass is 35.5. The van der Waals surface area contributed by atoms with Crippen molar-refractivity contribution in [2.75, 3.05) is 13.1 Å². The van der Waals surface area contributed by atoms with Gasteiger partial charge in [-0.15, -0.1) is 0 Å². The molecule has 0 radical (unpaired) electrons. The molecule has 120 valence electrons. The zero-order valence-corrected chi connectivity index (χ0v) is 13.4. The Bertz CT molecular complexity index is 527. The first kappa shape index (κ1) is 16.7. The smallest absolute Gasteiger partial charge is 0.252 e. The number of allylic oxidation sites excluding steroid dienone is 2. The first-order valence-electron chi connectivity index (χ1n) is 7.67. The maximum Gasteiger partial charge on any atom is 0.252 e. The molecule has 0 bridgehead atoms. The highest BCUT2D eigenvalue weighted by Crippen LogP contribution is 2.30. The Hall–Kier alpha value is -1.62. The summed E-state index contributed by atoms with van der Waals surface area (Å²) in [6, 6.07) is -0.355. The van der Waals surface area contributed by atoms with Gasteiger partial charge in [0.2, 0.25) is 5.91 Å². The summed E-state index contributed by atoms with van der Waals surface area (Å²) in [5.74, 6) is -0.401. The highest BCUT2D eigenvalue weighted by molar-refractivity contribution is 6.32. The number of aldehydes is 1. The molecule has 2 atom stereocenters. The van der Waals surface area contributed by atoms with Gasteiger partial charge in [-0.1, -0.05) is 30.7 Å². The number of carbonyl (C=O) groups excluding carboxylic acids is 3. The van der Waals surface area contributed by atoms with E-state index in [1.54, 1.807) is 6.08 Å². The molecule has 2 amide bonds. The van der Waals surface area contributed by atoms with Crippen LogP contribution in [0.15, 0.2) is 22.8 Å². The predicted octanol–water partition coefficient (Wildman–Crippen LogP) is 1.77. The largest absolute Gasteiger partial charge is 0.343 e. The Morgan fingerprint density at radius 2 is 2.27 bits per heavy atom. The first-order valence-corrected chi connectivity index (χ1v) is 8.05. The molecular weight excluding hydrogens is 304 g/mol. The van der Waals surface area contributed by atoms with Crippen LogP contribution in [0, 0.1) is 5.92 Å². The van der Waals surface area contributed by atoms with E-state index < -0.39 is 0 Å². The van der Waals surface area contributed by atoms with Gasteiger partial charge in [-0.3, -0.25) is 9.59 Å². The highest BCUT2D eigenvalue weighted by Gasteiger charge is 2.28. The summed E-state index contributed by atoms with van der Waals surface area (Å²) in [5, 5.41) is 3.17. The number of halogens is 1. The first-order chi connectivity index (χ1) is 10.6. The lowest BCUT2D eigenvalue weighted by Crippen LogP contribution is -2.43. The Morgan fingerprint density at radius 1 is 1.50 bits per heavy atom. The minimum atomic E-state index is -0.355. The number of hydrogen-bond donors (Lipinski definition) is 1. The van der Waals surface area contributed by atoms with Crippen LogP contribution in [-0.4, -0.2) is 42.1 Å². The van der Waals surface area contributed by atoms with Crippen molar-refractivity contribution in [3.05, 3.63) is 22.8 Å². The second-order valence-corrected chi connectivity index (χ2v) is 6.03. The molecule has 0 aromatic rings. The number of nitrogens with one attached hydrogen (secondary N) is 1. The molecule has 1 heterocycles. The molecule has 5 nitrogen and oxygen atoms in total. The standard InChI is InChI=1S/C16H21ClN2O3/c1-2-11-5-3-7-13(15(11)17)16(22)18-9-14(21)19-8-4-6-12(19)10-20/h3,7,10-12H,2,4-6,8-9H2,1H3,(H,18,22)/t11?,12-/m0/s1. The molecular formula is C16H21ClN2O3. The summed E-state index contributed by atoms with van der Waals surface area (Å²) < 4.78 is 0. The predicted molar refractivity (Wildman–Crippen MR) is 84.2 cm³/mol. The van der Waals surface area contributed by atoms with Gasteiger partial charge in [0.15, 0.2) is 0 Å². The van der Waals surface area contributed by atoms with E-state index in [1.165, 1.54) is 4.90 Å². The lowest BCUT2D eigenvalue weighted by molar-refractivity contribution is -0.134. The molecule has 1 unspecified atom stereocenters. The Kier molecular flexibility index (Phi) is 5.77. The Morgan fingerprint density at radius 3 is 2.95 bits per heavy atom. The monoisotopic (exact) mass is 324 g/mol. The maximum absolute atomic E-state index is 12.2. The second kappa shape index (κ2) is 7.58. The Labute approximate surface area is 135 Å². The van der Waals surface area contributed by atoms with Gasteiger partial charge in [-0.25, -0.2) is 0 Å². The number of amides is 2. The summed E-state index contributed by atoms with van der Waals surface area (Å²) in [5.41, 5.74) is 0.431. The topological polar surface area (TPSA) is 66.5 Å². The van der Waals surface area contributed by atoms with Crippen molar-refractivity contribution in [2.45, 2.75) is 38.6 Å². The van der Waals surface area contributed by atoms with E-state index in [0.717, 1.165) is 25.5 Å². The summed E-state index contributed by atoms with van der Waals surface area (Å²) in [7, 11) is 0. The van der Waals surface area contributed by atoms with Gasteiger partial charge in [0, 0.05) is 11.6 Å². The van der Waals surface area contributed by atoms with Crippen LogP contribution in [0.3, 0.4) is 0 Å². The molecule has 0 spiro atoms. The fraction of sp³-hybridized carbons (Fsp3) is 0.562. The van der Waals surface area contributed by atoms with Crippen LogP contribution in [0.5, 0.6) is 0 Å². The number of rotatable bonds is 5. The molecule has 2 aliphatic rings. The molecule has 1 saturated heterocycles. The van der Waals surface area contributed by atoms with E-state index in [1.807, 2.05) is 13.0 Å². The number of carbonyl (C=O) groups is 3. The second-order valence-electron chi connectivity index (χ2n) is 5.62. The molecule has 1 N–H and O–H groups in total. The fourth-order valence-corrected chi connectivity index (χ4v) is 3.27. The van der Waals surface area contributed by atoms with Crippen molar-refractivity contribution >= 4 is 29.7 Å². The zero-order valence-electron chi connectivity index (χ0n) is 12.7. The number of hydrogen-bond acceptors (Lipinski definition) is 3. The van der Waals surface area contributed by atoms with Gasteiger partial charge in [0.1, 0.15) is 6.29 Å². The molecule has 6 heteroatoms. The third-order valence-electron chi connectivity index (χ3n) is 4.24. The van der Waals surface area contributed by atoms with E-state index in [0.29, 0.717) is 23.6 Å². The van der Waals surface area contributed by atoms with Gasteiger partial charge >= 0.3 is 0 Å². The molecule has 1 fully saturated rings. The van der Waals surface area contributed by atoms with Crippen molar-refractivity contribution in [1.82, 2.24) is 10.2 Å². The normalized spacial score (nSPS) is 24.5. The quantitative estimate of drug-likeness (QED) is 0.784. The average molecular weight is 325 g/mol. The van der Waals surface area contributed by atoms with Crippen molar-refractivity contribution in [3.8, 4) is 0 Å². The van der Waals surface area contributed by atoms with Gasteiger partial charge in [0.25, 0.3) is 5.91 Å². The fourth-order valence-electron chi connectivity index (χ4n) is 2.88. The van der Waals surface area contributed by atoms with Crippen molar-refractivity contribution in [1.29, 1.82) is 0 Å². The van der Waals surface area contributed by atoms with Gasteiger partial charge in [-0.2, -0.15) is 0 Å². The molecule has 22 heavy (non-hydrogen) atoms. The SMILES string of the molecule is CCC1CC=CC(C(=O)NCC(=O)N2CCC[C@H]2C=O)=C1Cl. The minimum absolute atomic E-state index is 0.110. The summed E-state index contributed by atoms with van der Waals surface area (Å²) >= 11 is 6.26. The van der Waals surface area contributed by atoms with Crippen molar-refractivity contribution in [3.63, 3.8) is 0 Å². The van der Waals surface area contributed by atoms with E-state index >= 15 is 0 Å². The van der Waals surface area contributed by atoms with E-state index in [-0.39, 0.29) is 30.3 Å². The van der Waals surface area contributed by atoms with E-state index in [9.17, 15) is 14.4 Å². The summed E-state index contributed by atoms with van der Waals surface area (Å²) in [6.07, 6.45) is 7.65. The molecule has 0 aromatic carbocycles. The maximum atomic E-state index is 12.2. The summed E-state index contributed by atoms with van der Waals surface area (Å²) in [6.45, 7) is 2.49. The van der Waals surface area contributed by atoms with Gasteiger partial charge < -0.3 is 15.0 Å². The van der Waals surface area contributed by atoms with Gasteiger partial charge in [-0.05, 0) is 31.6 Å². The summed E-state index contributed by atoms with van der Waals surface area (Å²) in [4.78, 5) is 36.7. The van der Waals surface area contributed by atoms with E-state index in [4.69, 9.17) is 11.6 Å². The van der Waals surface area contributed by atoms with Crippen molar-refractivity contribution in [2.24, 2.45) is 5.92 Å².